The van der Waals surface area contributed by atoms with Gasteiger partial charge in [0.25, 0.3) is 0 Å². The van der Waals surface area contributed by atoms with E-state index in [0.717, 1.165) is 16.5 Å². The van der Waals surface area contributed by atoms with Gasteiger partial charge in [0.2, 0.25) is 0 Å². The number of aromatic hydroxyl groups is 1. The summed E-state index contributed by atoms with van der Waals surface area (Å²) in [4.78, 5) is 0. The fourth-order valence-corrected chi connectivity index (χ4v) is 2.78. The first-order valence-corrected chi connectivity index (χ1v) is 5.82. The largest absolute Gasteiger partial charge is 0.508 e. The van der Waals surface area contributed by atoms with Crippen molar-refractivity contribution in [2.45, 2.75) is 25.7 Å². The third-order valence-corrected chi connectivity index (χ3v) is 4.15. The molecule has 1 atom stereocenters. The Bertz CT molecular complexity index is 401. The molecule has 2 N–H and O–H groups in total. The third-order valence-electron chi connectivity index (χ3n) is 3.66. The van der Waals surface area contributed by atoms with Crippen LogP contribution in [0.2, 0.25) is 0 Å². The van der Waals surface area contributed by atoms with E-state index in [9.17, 15) is 10.2 Å². The van der Waals surface area contributed by atoms with Gasteiger partial charge in [-0.2, -0.15) is 0 Å². The second kappa shape index (κ2) is 3.22. The molecule has 1 fully saturated rings. The maximum atomic E-state index is 9.84. The Morgan fingerprint density at radius 3 is 2.47 bits per heavy atom. The van der Waals surface area contributed by atoms with Crippen molar-refractivity contribution in [3.8, 4) is 5.75 Å². The van der Waals surface area contributed by atoms with E-state index >= 15 is 0 Å². The summed E-state index contributed by atoms with van der Waals surface area (Å²) in [6.07, 6.45) is 0.917. The van der Waals surface area contributed by atoms with Crippen LogP contribution in [0.5, 0.6) is 5.75 Å². The molecule has 0 amide bonds. The molecule has 2 rings (SSSR count). The monoisotopic (exact) mass is 270 g/mol. The lowest BCUT2D eigenvalue weighted by Gasteiger charge is -2.19. The number of phenols is 1. The van der Waals surface area contributed by atoms with E-state index in [4.69, 9.17) is 0 Å². The number of benzene rings is 1. The number of hydrogen-bond acceptors (Lipinski definition) is 2. The van der Waals surface area contributed by atoms with E-state index in [1.165, 1.54) is 0 Å². The Labute approximate surface area is 98.1 Å². The quantitative estimate of drug-likeness (QED) is 0.868. The predicted octanol–water partition coefficient (Wildman–Crippen LogP) is 2.81. The van der Waals surface area contributed by atoms with Gasteiger partial charge in [0.15, 0.2) is 0 Å². The van der Waals surface area contributed by atoms with E-state index in [2.05, 4.69) is 29.8 Å². The lowest BCUT2D eigenvalue weighted by Crippen LogP contribution is -2.19. The molecule has 1 aliphatic carbocycles. The van der Waals surface area contributed by atoms with E-state index in [-0.39, 0.29) is 23.2 Å². The summed E-state index contributed by atoms with van der Waals surface area (Å²) in [6.45, 7) is 4.32. The number of halogens is 1. The molecule has 0 heterocycles. The highest BCUT2D eigenvalue weighted by molar-refractivity contribution is 9.10. The highest BCUT2D eigenvalue weighted by Gasteiger charge is 2.62. The van der Waals surface area contributed by atoms with Gasteiger partial charge in [-0.05, 0) is 30.0 Å². The predicted molar refractivity (Wildman–Crippen MR) is 63.0 cm³/mol. The average Bonchev–Trinajstić information content (AvgIpc) is 2.74. The molecule has 1 saturated carbocycles. The maximum absolute atomic E-state index is 9.84. The normalized spacial score (nSPS) is 27.7. The number of hydrogen-bond donors (Lipinski definition) is 2. The molecule has 15 heavy (non-hydrogen) atoms. The molecule has 0 bridgehead atoms. The summed E-state index contributed by atoms with van der Waals surface area (Å²) < 4.78 is 0.936. The molecule has 82 valence electrons. The summed E-state index contributed by atoms with van der Waals surface area (Å²) >= 11 is 3.39. The van der Waals surface area contributed by atoms with Crippen LogP contribution in [0.15, 0.2) is 22.7 Å². The number of aliphatic hydroxyl groups excluding tert-OH is 1. The molecule has 0 radical (unpaired) electrons. The zero-order valence-electron chi connectivity index (χ0n) is 8.92. The van der Waals surface area contributed by atoms with Gasteiger partial charge in [-0.3, -0.25) is 0 Å². The van der Waals surface area contributed by atoms with E-state index in [1.54, 1.807) is 12.1 Å². The first-order chi connectivity index (χ1) is 6.93. The SMILES string of the molecule is CC1(C)CC1(CO)c1cc(Br)ccc1O. The van der Waals surface area contributed by atoms with Gasteiger partial charge in [0.05, 0.1) is 6.61 Å². The molecule has 1 aromatic rings. The summed E-state index contributed by atoms with van der Waals surface area (Å²) in [7, 11) is 0. The molecule has 0 aliphatic heterocycles. The zero-order valence-corrected chi connectivity index (χ0v) is 10.5. The van der Waals surface area contributed by atoms with Gasteiger partial charge in [-0.25, -0.2) is 0 Å². The van der Waals surface area contributed by atoms with Crippen LogP contribution in [0.4, 0.5) is 0 Å². The van der Waals surface area contributed by atoms with E-state index < -0.39 is 0 Å². The minimum absolute atomic E-state index is 0.0695. The van der Waals surface area contributed by atoms with Crippen molar-refractivity contribution in [1.82, 2.24) is 0 Å². The second-order valence-corrected chi connectivity index (χ2v) is 5.88. The first kappa shape index (κ1) is 11.0. The van der Waals surface area contributed by atoms with E-state index in [0.29, 0.717) is 0 Å². The van der Waals surface area contributed by atoms with Crippen LogP contribution in [-0.4, -0.2) is 16.8 Å². The lowest BCUT2D eigenvalue weighted by atomic mass is 9.88. The highest BCUT2D eigenvalue weighted by atomic mass is 79.9. The van der Waals surface area contributed by atoms with Crippen molar-refractivity contribution in [2.24, 2.45) is 5.41 Å². The van der Waals surface area contributed by atoms with Gasteiger partial charge in [-0.1, -0.05) is 29.8 Å². The summed E-state index contributed by atoms with van der Waals surface area (Å²) in [5, 5.41) is 19.4. The average molecular weight is 271 g/mol. The van der Waals surface area contributed by atoms with Crippen LogP contribution in [0, 0.1) is 5.41 Å². The van der Waals surface area contributed by atoms with Gasteiger partial charge in [-0.15, -0.1) is 0 Å². The summed E-state index contributed by atoms with van der Waals surface area (Å²) in [5.41, 5.74) is 0.658. The molecule has 0 aromatic heterocycles. The van der Waals surface area contributed by atoms with Gasteiger partial charge < -0.3 is 10.2 Å². The number of aliphatic hydroxyl groups is 1. The van der Waals surface area contributed by atoms with Crippen LogP contribution in [0.25, 0.3) is 0 Å². The van der Waals surface area contributed by atoms with Crippen molar-refractivity contribution in [1.29, 1.82) is 0 Å². The molecule has 1 aromatic carbocycles. The highest BCUT2D eigenvalue weighted by Crippen LogP contribution is 2.65. The molecular weight excluding hydrogens is 256 g/mol. The Morgan fingerprint density at radius 2 is 2.00 bits per heavy atom. The van der Waals surface area contributed by atoms with Crippen LogP contribution in [0.3, 0.4) is 0 Å². The van der Waals surface area contributed by atoms with Crippen LogP contribution in [-0.2, 0) is 5.41 Å². The fourth-order valence-electron chi connectivity index (χ4n) is 2.42. The number of rotatable bonds is 2. The Hall–Kier alpha value is -0.540. The van der Waals surface area contributed by atoms with Crippen LogP contribution >= 0.6 is 15.9 Å². The van der Waals surface area contributed by atoms with Gasteiger partial charge >= 0.3 is 0 Å². The second-order valence-electron chi connectivity index (χ2n) is 4.96. The third kappa shape index (κ3) is 1.49. The molecule has 3 heteroatoms. The van der Waals surface area contributed by atoms with Gasteiger partial charge in [0.1, 0.15) is 5.75 Å². The standard InChI is InChI=1S/C12H15BrO2/c1-11(2)6-12(11,7-14)9-5-8(13)3-4-10(9)15/h3-5,14-15H,6-7H2,1-2H3. The molecule has 1 aliphatic rings. The van der Waals surface area contributed by atoms with Crippen LogP contribution in [0.1, 0.15) is 25.8 Å². The number of phenolic OH excluding ortho intramolecular Hbond substituents is 1. The van der Waals surface area contributed by atoms with Crippen molar-refractivity contribution in [3.63, 3.8) is 0 Å². The van der Waals surface area contributed by atoms with Gasteiger partial charge in [0, 0.05) is 15.5 Å². The van der Waals surface area contributed by atoms with Crippen molar-refractivity contribution in [2.75, 3.05) is 6.61 Å². The summed E-state index contributed by atoms with van der Waals surface area (Å²) in [5.74, 6) is 0.276. The lowest BCUT2D eigenvalue weighted by molar-refractivity contribution is 0.228. The molecule has 0 saturated heterocycles. The zero-order chi connectivity index (χ0) is 11.3. The minimum Gasteiger partial charge on any atom is -0.508 e. The summed E-state index contributed by atoms with van der Waals surface area (Å²) in [6, 6.07) is 5.38. The fraction of sp³-hybridized carbons (Fsp3) is 0.500. The Morgan fingerprint density at radius 1 is 1.40 bits per heavy atom. The minimum atomic E-state index is -0.263. The van der Waals surface area contributed by atoms with E-state index in [1.807, 2.05) is 6.07 Å². The van der Waals surface area contributed by atoms with Crippen molar-refractivity contribution in [3.05, 3.63) is 28.2 Å². The molecule has 2 nitrogen and oxygen atoms in total. The maximum Gasteiger partial charge on any atom is 0.119 e. The Balaban J connectivity index is 2.50. The topological polar surface area (TPSA) is 40.5 Å². The molecule has 1 unspecified atom stereocenters. The van der Waals surface area contributed by atoms with Crippen molar-refractivity contribution >= 4 is 15.9 Å². The molecule has 0 spiro atoms. The Kier molecular flexibility index (Phi) is 2.36. The first-order valence-electron chi connectivity index (χ1n) is 5.03. The van der Waals surface area contributed by atoms with Crippen LogP contribution < -0.4 is 0 Å². The molecular formula is C12H15BrO2. The van der Waals surface area contributed by atoms with Crippen molar-refractivity contribution < 1.29 is 10.2 Å². The smallest absolute Gasteiger partial charge is 0.119 e.